The fourth-order valence-corrected chi connectivity index (χ4v) is 1.70. The maximum Gasteiger partial charge on any atom is 0.144 e. The van der Waals surface area contributed by atoms with Crippen molar-refractivity contribution in [1.29, 1.82) is 0 Å². The lowest BCUT2D eigenvalue weighted by molar-refractivity contribution is 0.651. The van der Waals surface area contributed by atoms with Gasteiger partial charge in [-0.15, -0.1) is 0 Å². The highest BCUT2D eigenvalue weighted by molar-refractivity contribution is 7.85. The molecule has 0 spiro atoms. The Kier molecular flexibility index (Phi) is 4.53. The molecule has 0 heterocycles. The minimum atomic E-state index is -1.26. The molecule has 1 rings (SSSR count). The first-order valence-corrected chi connectivity index (χ1v) is 6.58. The van der Waals surface area contributed by atoms with Gasteiger partial charge in [0, 0.05) is 6.21 Å². The Hall–Kier alpha value is -0.380. The molecule has 0 unspecified atom stereocenters. The fraction of sp³-hybridized carbons (Fsp3) is 0.364. The first-order valence-electron chi connectivity index (χ1n) is 4.72. The third-order valence-electron chi connectivity index (χ3n) is 1.77. The molecule has 16 heavy (non-hydrogen) atoms. The Labute approximate surface area is 108 Å². The van der Waals surface area contributed by atoms with Gasteiger partial charge in [0.2, 0.25) is 0 Å². The van der Waals surface area contributed by atoms with E-state index in [4.69, 9.17) is 23.2 Å². The van der Waals surface area contributed by atoms with Crippen molar-refractivity contribution in [3.63, 3.8) is 0 Å². The maximum absolute atomic E-state index is 11.6. The number of benzene rings is 1. The summed E-state index contributed by atoms with van der Waals surface area (Å²) in [4.78, 5) is 0. The molecular weight excluding hydrogens is 265 g/mol. The largest absolute Gasteiger partial charge is 0.234 e. The number of rotatable bonds is 2. The van der Waals surface area contributed by atoms with Crippen molar-refractivity contribution in [2.24, 2.45) is 4.40 Å². The van der Waals surface area contributed by atoms with Gasteiger partial charge >= 0.3 is 0 Å². The van der Waals surface area contributed by atoms with E-state index in [9.17, 15) is 4.21 Å². The number of halogens is 2. The van der Waals surface area contributed by atoms with Crippen LogP contribution in [0.2, 0.25) is 10.0 Å². The predicted molar refractivity (Wildman–Crippen MR) is 72.0 cm³/mol. The SMILES string of the molecule is CC(C)(C)[S@](=O)N=Cc1ccc(Cl)c(Cl)c1. The summed E-state index contributed by atoms with van der Waals surface area (Å²) in [6.07, 6.45) is 1.55. The smallest absolute Gasteiger partial charge is 0.144 e. The van der Waals surface area contributed by atoms with E-state index < -0.39 is 11.0 Å². The lowest BCUT2D eigenvalue weighted by atomic mass is 10.2. The molecule has 0 radical (unpaired) electrons. The Balaban J connectivity index is 2.85. The van der Waals surface area contributed by atoms with E-state index in [-0.39, 0.29) is 4.75 Å². The number of hydrogen-bond donors (Lipinski definition) is 0. The predicted octanol–water partition coefficient (Wildman–Crippen LogP) is 3.87. The van der Waals surface area contributed by atoms with Crippen molar-refractivity contribution in [1.82, 2.24) is 0 Å². The summed E-state index contributed by atoms with van der Waals surface area (Å²) in [5.41, 5.74) is 0.784. The second-order valence-electron chi connectivity index (χ2n) is 4.27. The van der Waals surface area contributed by atoms with Gasteiger partial charge in [0.15, 0.2) is 0 Å². The van der Waals surface area contributed by atoms with Crippen LogP contribution in [0.3, 0.4) is 0 Å². The highest BCUT2D eigenvalue weighted by Gasteiger charge is 2.18. The van der Waals surface area contributed by atoms with E-state index >= 15 is 0 Å². The normalized spacial score (nSPS) is 14.3. The molecule has 5 heteroatoms. The van der Waals surface area contributed by atoms with Crippen molar-refractivity contribution >= 4 is 40.4 Å². The summed E-state index contributed by atoms with van der Waals surface area (Å²) in [7, 11) is -1.26. The van der Waals surface area contributed by atoms with Crippen molar-refractivity contribution in [2.45, 2.75) is 25.5 Å². The third-order valence-corrected chi connectivity index (χ3v) is 3.85. The van der Waals surface area contributed by atoms with Crippen LogP contribution < -0.4 is 0 Å². The zero-order valence-electron chi connectivity index (χ0n) is 9.33. The fourth-order valence-electron chi connectivity index (χ4n) is 0.860. The molecule has 1 atom stereocenters. The molecule has 0 saturated carbocycles. The van der Waals surface area contributed by atoms with E-state index in [1.165, 1.54) is 0 Å². The van der Waals surface area contributed by atoms with E-state index in [2.05, 4.69) is 4.40 Å². The third kappa shape index (κ3) is 3.89. The second kappa shape index (κ2) is 5.30. The molecule has 0 aromatic heterocycles. The zero-order chi connectivity index (χ0) is 12.3. The first-order chi connectivity index (χ1) is 7.30. The molecular formula is C11H13Cl2NOS. The average Bonchev–Trinajstić information content (AvgIpc) is 2.18. The van der Waals surface area contributed by atoms with Gasteiger partial charge in [0.1, 0.15) is 11.0 Å². The van der Waals surface area contributed by atoms with Crippen molar-refractivity contribution in [3.05, 3.63) is 33.8 Å². The van der Waals surface area contributed by atoms with Crippen LogP contribution in [-0.2, 0) is 11.0 Å². The van der Waals surface area contributed by atoms with Gasteiger partial charge in [-0.25, -0.2) is 4.21 Å². The molecule has 0 aliphatic carbocycles. The molecule has 0 amide bonds. The van der Waals surface area contributed by atoms with Crippen molar-refractivity contribution in [3.8, 4) is 0 Å². The van der Waals surface area contributed by atoms with Gasteiger partial charge in [-0.05, 0) is 38.5 Å². The monoisotopic (exact) mass is 277 g/mol. The lowest BCUT2D eigenvalue weighted by Crippen LogP contribution is -2.19. The molecule has 2 nitrogen and oxygen atoms in total. The number of nitrogens with zero attached hydrogens (tertiary/aromatic N) is 1. The summed E-state index contributed by atoms with van der Waals surface area (Å²) in [5.74, 6) is 0. The lowest BCUT2D eigenvalue weighted by Gasteiger charge is -2.12. The van der Waals surface area contributed by atoms with E-state index in [0.717, 1.165) is 5.56 Å². The quantitative estimate of drug-likeness (QED) is 0.755. The Morgan fingerprint density at radius 1 is 1.25 bits per heavy atom. The van der Waals surface area contributed by atoms with Crippen LogP contribution in [0.25, 0.3) is 0 Å². The maximum atomic E-state index is 11.6. The minimum Gasteiger partial charge on any atom is -0.234 e. The van der Waals surface area contributed by atoms with Crippen LogP contribution in [0.4, 0.5) is 0 Å². The van der Waals surface area contributed by atoms with E-state index in [1.54, 1.807) is 24.4 Å². The van der Waals surface area contributed by atoms with Gasteiger partial charge in [0.25, 0.3) is 0 Å². The Morgan fingerprint density at radius 2 is 1.88 bits per heavy atom. The Morgan fingerprint density at radius 3 is 2.38 bits per heavy atom. The standard InChI is InChI=1S/C11H13Cl2NOS/c1-11(2,3)16(15)14-7-8-4-5-9(12)10(13)6-8/h4-7H,1-3H3/t16-/m0/s1. The molecule has 1 aromatic rings. The summed E-state index contributed by atoms with van der Waals surface area (Å²) < 4.78 is 15.3. The van der Waals surface area contributed by atoms with Crippen LogP contribution in [0.5, 0.6) is 0 Å². The van der Waals surface area contributed by atoms with Gasteiger partial charge in [0.05, 0.1) is 14.8 Å². The van der Waals surface area contributed by atoms with Crippen LogP contribution in [0.1, 0.15) is 26.3 Å². The highest BCUT2D eigenvalue weighted by Crippen LogP contribution is 2.22. The zero-order valence-corrected chi connectivity index (χ0v) is 11.7. The Bertz CT molecular complexity index is 438. The molecule has 1 aromatic carbocycles. The summed E-state index contributed by atoms with van der Waals surface area (Å²) in [6, 6.07) is 5.15. The molecule has 0 saturated heterocycles. The van der Waals surface area contributed by atoms with E-state index in [0.29, 0.717) is 10.0 Å². The van der Waals surface area contributed by atoms with Crippen molar-refractivity contribution < 1.29 is 4.21 Å². The van der Waals surface area contributed by atoms with Gasteiger partial charge < -0.3 is 0 Å². The highest BCUT2D eigenvalue weighted by atomic mass is 35.5. The van der Waals surface area contributed by atoms with Crippen LogP contribution in [0, 0.1) is 0 Å². The van der Waals surface area contributed by atoms with Gasteiger partial charge in [-0.1, -0.05) is 29.3 Å². The molecule has 0 N–H and O–H groups in total. The second-order valence-corrected chi connectivity index (χ2v) is 7.02. The molecule has 0 fully saturated rings. The molecule has 0 aliphatic rings. The summed E-state index contributed by atoms with van der Waals surface area (Å²) >= 11 is 11.6. The van der Waals surface area contributed by atoms with Gasteiger partial charge in [-0.3, -0.25) is 0 Å². The molecule has 0 aliphatic heterocycles. The summed E-state index contributed by atoms with van der Waals surface area (Å²) in [6.45, 7) is 5.61. The average molecular weight is 278 g/mol. The molecule has 88 valence electrons. The van der Waals surface area contributed by atoms with Gasteiger partial charge in [-0.2, -0.15) is 4.40 Å². The van der Waals surface area contributed by atoms with Crippen LogP contribution >= 0.6 is 23.2 Å². The van der Waals surface area contributed by atoms with Crippen LogP contribution in [-0.4, -0.2) is 15.2 Å². The molecule has 0 bridgehead atoms. The minimum absolute atomic E-state index is 0.354. The van der Waals surface area contributed by atoms with Crippen LogP contribution in [0.15, 0.2) is 22.6 Å². The topological polar surface area (TPSA) is 29.4 Å². The number of hydrogen-bond acceptors (Lipinski definition) is 1. The van der Waals surface area contributed by atoms with Crippen molar-refractivity contribution in [2.75, 3.05) is 0 Å². The first kappa shape index (κ1) is 13.7. The summed E-state index contributed by atoms with van der Waals surface area (Å²) in [5, 5.41) is 0.961. The van der Waals surface area contributed by atoms with E-state index in [1.807, 2.05) is 20.8 Å².